The highest BCUT2D eigenvalue weighted by Gasteiger charge is 2.17. The summed E-state index contributed by atoms with van der Waals surface area (Å²) in [6.07, 6.45) is 4.36. The quantitative estimate of drug-likeness (QED) is 0.533. The molecule has 32 heavy (non-hydrogen) atoms. The molecule has 0 fully saturated rings. The summed E-state index contributed by atoms with van der Waals surface area (Å²) in [6.45, 7) is 3.35. The van der Waals surface area contributed by atoms with E-state index in [-0.39, 0.29) is 17.6 Å². The largest absolute Gasteiger partial charge is 0.348 e. The van der Waals surface area contributed by atoms with Crippen LogP contribution < -0.4 is 10.6 Å². The molecule has 0 atom stereocenters. The maximum atomic E-state index is 12.7. The number of carbonyl (C=O) groups excluding carboxylic acids is 2. The van der Waals surface area contributed by atoms with Gasteiger partial charge < -0.3 is 15.2 Å². The van der Waals surface area contributed by atoms with Crippen molar-refractivity contribution in [1.29, 1.82) is 0 Å². The van der Waals surface area contributed by atoms with Crippen molar-refractivity contribution in [1.82, 2.24) is 20.1 Å². The number of aryl methyl sites for hydroxylation is 2. The van der Waals surface area contributed by atoms with Crippen molar-refractivity contribution >= 4 is 29.3 Å². The summed E-state index contributed by atoms with van der Waals surface area (Å²) in [5, 5.41) is 15.1. The SMILES string of the molecule is Cc1ccc(CNC(=O)c2ccccc2NC(=O)CSc2nnc3n2CCCCC3)cc1. The molecule has 166 valence electrons. The maximum Gasteiger partial charge on any atom is 0.253 e. The molecule has 0 bridgehead atoms. The fourth-order valence-electron chi connectivity index (χ4n) is 3.66. The van der Waals surface area contributed by atoms with E-state index >= 15 is 0 Å². The number of amides is 2. The van der Waals surface area contributed by atoms with E-state index in [0.29, 0.717) is 17.8 Å². The van der Waals surface area contributed by atoms with Crippen molar-refractivity contribution in [3.05, 3.63) is 71.0 Å². The molecular weight excluding hydrogens is 422 g/mol. The summed E-state index contributed by atoms with van der Waals surface area (Å²) in [7, 11) is 0. The zero-order valence-electron chi connectivity index (χ0n) is 18.1. The van der Waals surface area contributed by atoms with Gasteiger partial charge in [-0.1, -0.05) is 60.1 Å². The number of fused-ring (bicyclic) bond motifs is 1. The molecule has 1 aliphatic heterocycles. The summed E-state index contributed by atoms with van der Waals surface area (Å²) in [4.78, 5) is 25.3. The second-order valence-corrected chi connectivity index (χ2v) is 8.85. The van der Waals surface area contributed by atoms with Gasteiger partial charge in [-0.05, 0) is 37.5 Å². The minimum Gasteiger partial charge on any atom is -0.348 e. The Morgan fingerprint density at radius 1 is 1.03 bits per heavy atom. The van der Waals surface area contributed by atoms with Crippen LogP contribution in [0.15, 0.2) is 53.7 Å². The van der Waals surface area contributed by atoms with Crippen LogP contribution in [0.4, 0.5) is 5.69 Å². The highest BCUT2D eigenvalue weighted by molar-refractivity contribution is 7.99. The number of hydrogen-bond donors (Lipinski definition) is 2. The first-order valence-electron chi connectivity index (χ1n) is 10.9. The molecule has 2 aromatic carbocycles. The van der Waals surface area contributed by atoms with Crippen LogP contribution in [-0.2, 0) is 24.3 Å². The fraction of sp³-hybridized carbons (Fsp3) is 0.333. The molecular formula is C24H27N5O2S. The summed E-state index contributed by atoms with van der Waals surface area (Å²) in [6, 6.07) is 15.1. The van der Waals surface area contributed by atoms with E-state index in [2.05, 4.69) is 25.4 Å². The highest BCUT2D eigenvalue weighted by Crippen LogP contribution is 2.22. The van der Waals surface area contributed by atoms with E-state index < -0.39 is 0 Å². The summed E-state index contributed by atoms with van der Waals surface area (Å²) >= 11 is 1.38. The number of para-hydroxylation sites is 1. The minimum absolute atomic E-state index is 0.181. The Balaban J connectivity index is 1.35. The zero-order chi connectivity index (χ0) is 22.3. The lowest BCUT2D eigenvalue weighted by Gasteiger charge is -2.12. The Labute approximate surface area is 192 Å². The first-order valence-corrected chi connectivity index (χ1v) is 11.9. The molecule has 3 aromatic rings. The lowest BCUT2D eigenvalue weighted by atomic mass is 10.1. The van der Waals surface area contributed by atoms with Crippen molar-refractivity contribution in [2.45, 2.75) is 50.9 Å². The van der Waals surface area contributed by atoms with Crippen LogP contribution in [0.1, 0.15) is 46.6 Å². The van der Waals surface area contributed by atoms with Gasteiger partial charge in [0.15, 0.2) is 5.16 Å². The number of anilines is 1. The van der Waals surface area contributed by atoms with Gasteiger partial charge in [0.1, 0.15) is 5.82 Å². The topological polar surface area (TPSA) is 88.9 Å². The van der Waals surface area contributed by atoms with Crippen molar-refractivity contribution in [2.75, 3.05) is 11.1 Å². The van der Waals surface area contributed by atoms with Crippen LogP contribution in [0.5, 0.6) is 0 Å². The smallest absolute Gasteiger partial charge is 0.253 e. The Bertz CT molecular complexity index is 1090. The number of benzene rings is 2. The fourth-order valence-corrected chi connectivity index (χ4v) is 4.44. The third kappa shape index (κ3) is 5.56. The van der Waals surface area contributed by atoms with E-state index in [0.717, 1.165) is 42.4 Å². The molecule has 4 rings (SSSR count). The molecule has 1 aliphatic rings. The molecule has 0 unspecified atom stereocenters. The molecule has 0 spiro atoms. The molecule has 2 heterocycles. The number of aromatic nitrogens is 3. The molecule has 0 saturated carbocycles. The Morgan fingerprint density at radius 2 is 1.84 bits per heavy atom. The molecule has 2 N–H and O–H groups in total. The standard InChI is InChI=1S/C24H27N5O2S/c1-17-10-12-18(13-11-17)15-25-23(31)19-7-4-5-8-20(19)26-22(30)16-32-24-28-27-21-9-3-2-6-14-29(21)24/h4-5,7-8,10-13H,2-3,6,9,14-16H2,1H3,(H,25,31)(H,26,30). The number of hydrogen-bond acceptors (Lipinski definition) is 5. The molecule has 7 nitrogen and oxygen atoms in total. The van der Waals surface area contributed by atoms with Gasteiger partial charge in [0.05, 0.1) is 17.0 Å². The van der Waals surface area contributed by atoms with Gasteiger partial charge in [0.25, 0.3) is 5.91 Å². The van der Waals surface area contributed by atoms with Crippen molar-refractivity contribution in [3.8, 4) is 0 Å². The van der Waals surface area contributed by atoms with Crippen LogP contribution in [-0.4, -0.2) is 32.3 Å². The van der Waals surface area contributed by atoms with Crippen LogP contribution in [0.3, 0.4) is 0 Å². The first-order chi connectivity index (χ1) is 15.6. The van der Waals surface area contributed by atoms with Crippen LogP contribution in [0.25, 0.3) is 0 Å². The van der Waals surface area contributed by atoms with Crippen LogP contribution >= 0.6 is 11.8 Å². The van der Waals surface area contributed by atoms with E-state index in [1.807, 2.05) is 31.2 Å². The third-order valence-electron chi connectivity index (χ3n) is 5.43. The Hall–Kier alpha value is -3.13. The highest BCUT2D eigenvalue weighted by atomic mass is 32.2. The molecule has 2 amide bonds. The molecule has 1 aromatic heterocycles. The summed E-state index contributed by atoms with van der Waals surface area (Å²) in [5.74, 6) is 0.801. The molecule has 8 heteroatoms. The van der Waals surface area contributed by atoms with Crippen molar-refractivity contribution in [2.24, 2.45) is 0 Å². The predicted molar refractivity (Wildman–Crippen MR) is 126 cm³/mol. The normalized spacial score (nSPS) is 13.2. The molecule has 0 saturated heterocycles. The second-order valence-electron chi connectivity index (χ2n) is 7.91. The maximum absolute atomic E-state index is 12.7. The number of carbonyl (C=O) groups is 2. The lowest BCUT2D eigenvalue weighted by molar-refractivity contribution is -0.113. The number of rotatable bonds is 7. The second kappa shape index (κ2) is 10.5. The van der Waals surface area contributed by atoms with Gasteiger partial charge in [-0.25, -0.2) is 0 Å². The third-order valence-corrected chi connectivity index (χ3v) is 6.39. The number of nitrogens with one attached hydrogen (secondary N) is 2. The average Bonchev–Trinajstić information content (AvgIpc) is 3.03. The van der Waals surface area contributed by atoms with Crippen molar-refractivity contribution < 1.29 is 9.59 Å². The van der Waals surface area contributed by atoms with Gasteiger partial charge in [-0.3, -0.25) is 9.59 Å². The molecule has 0 aliphatic carbocycles. The van der Waals surface area contributed by atoms with E-state index in [1.54, 1.807) is 24.3 Å². The average molecular weight is 450 g/mol. The van der Waals surface area contributed by atoms with Crippen LogP contribution in [0, 0.1) is 6.92 Å². The number of nitrogens with zero attached hydrogens (tertiary/aromatic N) is 3. The summed E-state index contributed by atoms with van der Waals surface area (Å²) < 4.78 is 2.12. The Kier molecular flexibility index (Phi) is 7.21. The van der Waals surface area contributed by atoms with Gasteiger partial charge >= 0.3 is 0 Å². The van der Waals surface area contributed by atoms with Crippen LogP contribution in [0.2, 0.25) is 0 Å². The van der Waals surface area contributed by atoms with Gasteiger partial charge in [-0.2, -0.15) is 0 Å². The first kappa shape index (κ1) is 22.1. The van der Waals surface area contributed by atoms with Gasteiger partial charge in [0, 0.05) is 19.5 Å². The van der Waals surface area contributed by atoms with Crippen molar-refractivity contribution in [3.63, 3.8) is 0 Å². The van der Waals surface area contributed by atoms with Gasteiger partial charge in [-0.15, -0.1) is 10.2 Å². The van der Waals surface area contributed by atoms with Gasteiger partial charge in [0.2, 0.25) is 5.91 Å². The monoisotopic (exact) mass is 449 g/mol. The zero-order valence-corrected chi connectivity index (χ0v) is 19.0. The van der Waals surface area contributed by atoms with E-state index in [4.69, 9.17) is 0 Å². The molecule has 0 radical (unpaired) electrons. The predicted octanol–water partition coefficient (Wildman–Crippen LogP) is 3.97. The van der Waals surface area contributed by atoms with E-state index in [1.165, 1.54) is 23.7 Å². The summed E-state index contributed by atoms with van der Waals surface area (Å²) in [5.41, 5.74) is 3.14. The lowest BCUT2D eigenvalue weighted by Crippen LogP contribution is -2.25. The minimum atomic E-state index is -0.225. The Morgan fingerprint density at radius 3 is 2.69 bits per heavy atom. The van der Waals surface area contributed by atoms with E-state index in [9.17, 15) is 9.59 Å². The number of thioether (sulfide) groups is 1.